The highest BCUT2D eigenvalue weighted by atomic mass is 16.6. The summed E-state index contributed by atoms with van der Waals surface area (Å²) in [5.41, 5.74) is 2.96. The minimum atomic E-state index is -0.531. The van der Waals surface area contributed by atoms with Crippen LogP contribution in [0.2, 0.25) is 0 Å². The van der Waals surface area contributed by atoms with Crippen molar-refractivity contribution in [3.8, 4) is 22.7 Å². The summed E-state index contributed by atoms with van der Waals surface area (Å²) in [7, 11) is 1.66. The molecule has 9 nitrogen and oxygen atoms in total. The van der Waals surface area contributed by atoms with E-state index in [1.165, 1.54) is 0 Å². The van der Waals surface area contributed by atoms with E-state index >= 15 is 0 Å². The van der Waals surface area contributed by atoms with Crippen molar-refractivity contribution >= 4 is 22.9 Å². The van der Waals surface area contributed by atoms with Crippen molar-refractivity contribution in [3.05, 3.63) is 61.2 Å². The highest BCUT2D eigenvalue weighted by molar-refractivity contribution is 6.01. The van der Waals surface area contributed by atoms with Crippen LogP contribution in [0.5, 0.6) is 5.75 Å². The third-order valence-corrected chi connectivity index (χ3v) is 6.39. The van der Waals surface area contributed by atoms with Crippen molar-refractivity contribution in [3.63, 3.8) is 0 Å². The molecule has 0 spiro atoms. The molecule has 5 rings (SSSR count). The molecule has 1 aliphatic rings. The molecule has 1 fully saturated rings. The molecule has 4 aromatic rings. The molecule has 1 amide bonds. The van der Waals surface area contributed by atoms with Crippen molar-refractivity contribution < 1.29 is 14.3 Å². The van der Waals surface area contributed by atoms with Crippen LogP contribution in [0.15, 0.2) is 61.2 Å². The summed E-state index contributed by atoms with van der Waals surface area (Å²) in [6.45, 7) is 9.45. The van der Waals surface area contributed by atoms with E-state index in [0.717, 1.165) is 39.5 Å². The lowest BCUT2D eigenvalue weighted by molar-refractivity contribution is 0.0218. The SMILES string of the molecule is COc1cccc(-n2cc(-c3ccccn3)c3c(N4CCN(C(=O)OC(C)(C)C)C[C@@H]4C)ncnc32)c1. The van der Waals surface area contributed by atoms with E-state index in [2.05, 4.69) is 27.6 Å². The maximum Gasteiger partial charge on any atom is 0.410 e. The number of ether oxygens (including phenoxy) is 2. The average molecular weight is 501 g/mol. The van der Waals surface area contributed by atoms with Gasteiger partial charge in [-0.15, -0.1) is 0 Å². The second-order valence-corrected chi connectivity index (χ2v) is 10.2. The summed E-state index contributed by atoms with van der Waals surface area (Å²) in [6.07, 6.45) is 5.16. The smallest absolute Gasteiger partial charge is 0.410 e. The zero-order chi connectivity index (χ0) is 26.2. The Morgan fingerprint density at radius 3 is 2.59 bits per heavy atom. The zero-order valence-corrected chi connectivity index (χ0v) is 21.9. The minimum absolute atomic E-state index is 0.0242. The number of fused-ring (bicyclic) bond motifs is 1. The molecule has 37 heavy (non-hydrogen) atoms. The lowest BCUT2D eigenvalue weighted by Crippen LogP contribution is -2.54. The van der Waals surface area contributed by atoms with Gasteiger partial charge in [-0.1, -0.05) is 12.1 Å². The molecule has 192 valence electrons. The third-order valence-electron chi connectivity index (χ3n) is 6.39. The van der Waals surface area contributed by atoms with Crippen LogP contribution < -0.4 is 9.64 Å². The minimum Gasteiger partial charge on any atom is -0.497 e. The summed E-state index contributed by atoms with van der Waals surface area (Å²) in [6, 6.07) is 13.8. The second kappa shape index (κ2) is 9.72. The molecule has 1 aromatic carbocycles. The summed E-state index contributed by atoms with van der Waals surface area (Å²) >= 11 is 0. The number of methoxy groups -OCH3 is 1. The van der Waals surface area contributed by atoms with Gasteiger partial charge in [-0.2, -0.15) is 0 Å². The molecular weight excluding hydrogens is 468 g/mol. The molecule has 3 aromatic heterocycles. The van der Waals surface area contributed by atoms with Gasteiger partial charge in [0.25, 0.3) is 0 Å². The van der Waals surface area contributed by atoms with E-state index in [9.17, 15) is 4.79 Å². The molecular formula is C28H32N6O3. The fraction of sp³-hybridized carbons (Fsp3) is 0.357. The molecule has 0 bridgehead atoms. The standard InChI is InChI=1S/C28H32N6O3/c1-19-16-32(27(35)37-28(2,3)4)13-14-33(19)25-24-22(23-11-6-7-12-29-23)17-34(26(24)31-18-30-25)20-9-8-10-21(15-20)36-5/h6-12,15,17-19H,13-14,16H2,1-5H3/t19-/m0/s1. The van der Waals surface area contributed by atoms with Gasteiger partial charge in [-0.25, -0.2) is 14.8 Å². The fourth-order valence-electron chi connectivity index (χ4n) is 4.70. The first kappa shape index (κ1) is 24.5. The van der Waals surface area contributed by atoms with Crippen molar-refractivity contribution in [1.82, 2.24) is 24.4 Å². The van der Waals surface area contributed by atoms with Gasteiger partial charge in [0.15, 0.2) is 5.65 Å². The summed E-state index contributed by atoms with van der Waals surface area (Å²) in [4.78, 5) is 30.8. The Balaban J connectivity index is 1.58. The molecule has 0 saturated carbocycles. The molecule has 1 atom stereocenters. The second-order valence-electron chi connectivity index (χ2n) is 10.2. The Labute approximate surface area is 216 Å². The molecule has 1 saturated heterocycles. The predicted octanol–water partition coefficient (Wildman–Crippen LogP) is 4.94. The number of benzene rings is 1. The third kappa shape index (κ3) is 4.94. The first-order valence-corrected chi connectivity index (χ1v) is 12.4. The van der Waals surface area contributed by atoms with Gasteiger partial charge >= 0.3 is 6.09 Å². The molecule has 0 unspecified atom stereocenters. The first-order valence-electron chi connectivity index (χ1n) is 12.4. The maximum absolute atomic E-state index is 12.7. The molecule has 9 heteroatoms. The number of hydrogen-bond donors (Lipinski definition) is 0. The number of piperazine rings is 1. The molecule has 0 aliphatic carbocycles. The number of hydrogen-bond acceptors (Lipinski definition) is 7. The highest BCUT2D eigenvalue weighted by Gasteiger charge is 2.32. The molecule has 1 aliphatic heterocycles. The Kier molecular flexibility index (Phi) is 6.45. The highest BCUT2D eigenvalue weighted by Crippen LogP contribution is 2.37. The number of rotatable bonds is 4. The number of amides is 1. The Hall–Kier alpha value is -4.14. The van der Waals surface area contributed by atoms with Crippen LogP contribution in [0.25, 0.3) is 28.0 Å². The van der Waals surface area contributed by atoms with Crippen LogP contribution in [0, 0.1) is 0 Å². The summed E-state index contributed by atoms with van der Waals surface area (Å²) in [5, 5.41) is 0.918. The zero-order valence-electron chi connectivity index (χ0n) is 21.9. The fourth-order valence-corrected chi connectivity index (χ4v) is 4.70. The van der Waals surface area contributed by atoms with Crippen LogP contribution >= 0.6 is 0 Å². The largest absolute Gasteiger partial charge is 0.497 e. The van der Waals surface area contributed by atoms with Gasteiger partial charge in [-0.3, -0.25) is 4.98 Å². The van der Waals surface area contributed by atoms with Crippen molar-refractivity contribution in [1.29, 1.82) is 0 Å². The Morgan fingerprint density at radius 2 is 1.89 bits per heavy atom. The number of pyridine rings is 1. The lowest BCUT2D eigenvalue weighted by atomic mass is 10.1. The van der Waals surface area contributed by atoms with Gasteiger partial charge in [0.05, 0.1) is 23.9 Å². The summed E-state index contributed by atoms with van der Waals surface area (Å²) < 4.78 is 13.1. The van der Waals surface area contributed by atoms with E-state index in [0.29, 0.717) is 19.6 Å². The van der Waals surface area contributed by atoms with Crippen LogP contribution in [0.3, 0.4) is 0 Å². The topological polar surface area (TPSA) is 85.6 Å². The van der Waals surface area contributed by atoms with E-state index in [-0.39, 0.29) is 12.1 Å². The van der Waals surface area contributed by atoms with E-state index < -0.39 is 5.60 Å². The molecule has 0 N–H and O–H groups in total. The Bertz CT molecular complexity index is 1410. The monoisotopic (exact) mass is 500 g/mol. The van der Waals surface area contributed by atoms with Crippen LogP contribution in [0.4, 0.5) is 10.6 Å². The molecule has 4 heterocycles. The van der Waals surface area contributed by atoms with Crippen molar-refractivity contribution in [2.45, 2.75) is 39.3 Å². The van der Waals surface area contributed by atoms with Crippen LogP contribution in [-0.2, 0) is 4.74 Å². The normalized spacial score (nSPS) is 16.2. The number of nitrogens with zero attached hydrogens (tertiary/aromatic N) is 6. The average Bonchev–Trinajstić information content (AvgIpc) is 3.28. The van der Waals surface area contributed by atoms with E-state index in [1.54, 1.807) is 24.5 Å². The molecule has 0 radical (unpaired) electrons. The number of anilines is 1. The quantitative estimate of drug-likeness (QED) is 0.392. The van der Waals surface area contributed by atoms with E-state index in [4.69, 9.17) is 19.4 Å². The van der Waals surface area contributed by atoms with Crippen LogP contribution in [0.1, 0.15) is 27.7 Å². The first-order chi connectivity index (χ1) is 17.7. The Morgan fingerprint density at radius 1 is 1.05 bits per heavy atom. The maximum atomic E-state index is 12.7. The number of carbonyl (C=O) groups excluding carboxylic acids is 1. The van der Waals surface area contributed by atoms with Gasteiger partial charge in [-0.05, 0) is 52.0 Å². The number of aromatic nitrogens is 4. The van der Waals surface area contributed by atoms with Gasteiger partial charge < -0.3 is 23.8 Å². The van der Waals surface area contributed by atoms with E-state index in [1.807, 2.05) is 63.2 Å². The van der Waals surface area contributed by atoms with Crippen molar-refractivity contribution in [2.24, 2.45) is 0 Å². The van der Waals surface area contributed by atoms with Crippen LogP contribution in [-0.4, -0.2) is 68.9 Å². The van der Waals surface area contributed by atoms with Gasteiger partial charge in [0.1, 0.15) is 23.5 Å². The van der Waals surface area contributed by atoms with Gasteiger partial charge in [0, 0.05) is 49.7 Å². The lowest BCUT2D eigenvalue weighted by Gasteiger charge is -2.41. The predicted molar refractivity (Wildman–Crippen MR) is 143 cm³/mol. The summed E-state index contributed by atoms with van der Waals surface area (Å²) in [5.74, 6) is 1.59. The van der Waals surface area contributed by atoms with Crippen molar-refractivity contribution in [2.75, 3.05) is 31.6 Å². The van der Waals surface area contributed by atoms with Gasteiger partial charge in [0.2, 0.25) is 0 Å². The number of carbonyl (C=O) groups is 1.